The number of nitrogens with zero attached hydrogens (tertiary/aromatic N) is 3. The molecule has 3 heterocycles. The molecule has 0 atom stereocenters. The van der Waals surface area contributed by atoms with Crippen molar-refractivity contribution < 1.29 is 17.5 Å². The molecule has 11 heteroatoms. The van der Waals surface area contributed by atoms with Crippen LogP contribution in [0.4, 0.5) is 15.9 Å². The number of morpholine rings is 1. The maximum Gasteiger partial charge on any atom is 0.267 e. The fourth-order valence-corrected chi connectivity index (χ4v) is 5.60. The van der Waals surface area contributed by atoms with Crippen LogP contribution in [0.5, 0.6) is 0 Å². The van der Waals surface area contributed by atoms with E-state index in [1.165, 1.54) is 18.3 Å². The van der Waals surface area contributed by atoms with Crippen molar-refractivity contribution in [2.45, 2.75) is 10.4 Å². The second-order valence-electron chi connectivity index (χ2n) is 7.21. The van der Waals surface area contributed by atoms with Crippen LogP contribution in [0.1, 0.15) is 0 Å². The lowest BCUT2D eigenvalue weighted by molar-refractivity contribution is -0.0691. The van der Waals surface area contributed by atoms with E-state index in [-0.39, 0.29) is 21.4 Å². The molecule has 0 unspecified atom stereocenters. The van der Waals surface area contributed by atoms with Gasteiger partial charge >= 0.3 is 0 Å². The highest BCUT2D eigenvalue weighted by Gasteiger charge is 2.49. The monoisotopic (exact) mass is 460 g/mol. The number of sulfonamides is 1. The van der Waals surface area contributed by atoms with Gasteiger partial charge in [0.2, 0.25) is 0 Å². The second-order valence-corrected chi connectivity index (χ2v) is 9.61. The van der Waals surface area contributed by atoms with Crippen LogP contribution in [0.15, 0.2) is 35.4 Å². The van der Waals surface area contributed by atoms with E-state index in [2.05, 4.69) is 14.6 Å². The van der Waals surface area contributed by atoms with Gasteiger partial charge in [0, 0.05) is 25.8 Å². The van der Waals surface area contributed by atoms with Crippen molar-refractivity contribution >= 4 is 44.7 Å². The van der Waals surface area contributed by atoms with Gasteiger partial charge in [-0.2, -0.15) is 0 Å². The summed E-state index contributed by atoms with van der Waals surface area (Å²) in [5, 5.41) is -0.537. The van der Waals surface area contributed by atoms with Crippen molar-refractivity contribution in [1.29, 1.82) is 0 Å². The number of anilines is 2. The van der Waals surface area contributed by atoms with Crippen LogP contribution in [0.25, 0.3) is 0 Å². The molecule has 2 saturated heterocycles. The van der Waals surface area contributed by atoms with Crippen LogP contribution < -0.4 is 9.62 Å². The standard InChI is InChI=1S/C18H19Cl2FN4O3S/c1-24-6-7-28-11-18(24)9-25(10-18)13-8-12(19)17(16(21)15(13)20)29(26,27)23-14-4-2-3-5-22-14/h2-5,8H,6-7,9-11H2,1H3,(H,22,23). The molecule has 4 rings (SSSR count). The number of benzene rings is 1. The van der Waals surface area contributed by atoms with Crippen LogP contribution in [-0.2, 0) is 14.8 Å². The molecule has 2 aliphatic heterocycles. The van der Waals surface area contributed by atoms with Gasteiger partial charge in [-0.3, -0.25) is 9.62 Å². The van der Waals surface area contributed by atoms with Crippen molar-refractivity contribution in [2.24, 2.45) is 0 Å². The van der Waals surface area contributed by atoms with Gasteiger partial charge in [-0.05, 0) is 25.2 Å². The van der Waals surface area contributed by atoms with E-state index in [4.69, 9.17) is 27.9 Å². The van der Waals surface area contributed by atoms with Gasteiger partial charge in [-0.15, -0.1) is 0 Å². The molecule has 1 spiro atoms. The van der Waals surface area contributed by atoms with Crippen molar-refractivity contribution in [1.82, 2.24) is 9.88 Å². The Bertz CT molecular complexity index is 1030. The average molecular weight is 461 g/mol. The SMILES string of the molecule is CN1CCOCC12CN(c1cc(Cl)c(S(=O)(=O)Nc3ccccn3)c(F)c1Cl)C2. The van der Waals surface area contributed by atoms with Gasteiger partial charge in [0.25, 0.3) is 10.0 Å². The summed E-state index contributed by atoms with van der Waals surface area (Å²) < 4.78 is 48.2. The first-order valence-corrected chi connectivity index (χ1v) is 11.1. The molecule has 0 aliphatic carbocycles. The zero-order valence-electron chi connectivity index (χ0n) is 15.5. The van der Waals surface area contributed by atoms with E-state index in [0.29, 0.717) is 32.0 Å². The summed E-state index contributed by atoms with van der Waals surface area (Å²) >= 11 is 12.4. The Morgan fingerprint density at radius 3 is 2.72 bits per heavy atom. The molecule has 156 valence electrons. The predicted octanol–water partition coefficient (Wildman–Crippen LogP) is 2.85. The summed E-state index contributed by atoms with van der Waals surface area (Å²) in [6.45, 7) is 3.23. The van der Waals surface area contributed by atoms with Crippen LogP contribution in [0.3, 0.4) is 0 Å². The van der Waals surface area contributed by atoms with Gasteiger partial charge in [-0.25, -0.2) is 17.8 Å². The van der Waals surface area contributed by atoms with E-state index in [9.17, 15) is 8.42 Å². The molecule has 0 radical (unpaired) electrons. The topological polar surface area (TPSA) is 74.8 Å². The van der Waals surface area contributed by atoms with E-state index in [0.717, 1.165) is 6.54 Å². The summed E-state index contributed by atoms with van der Waals surface area (Å²) in [5.41, 5.74) is 0.200. The zero-order chi connectivity index (χ0) is 20.8. The van der Waals surface area contributed by atoms with Gasteiger partial charge in [-0.1, -0.05) is 29.3 Å². The number of aromatic nitrogens is 1. The van der Waals surface area contributed by atoms with Gasteiger partial charge in [0.1, 0.15) is 15.7 Å². The van der Waals surface area contributed by atoms with Crippen LogP contribution in [0.2, 0.25) is 10.0 Å². The molecular weight excluding hydrogens is 442 g/mol. The molecule has 1 aromatic carbocycles. The maximum absolute atomic E-state index is 15.0. The van der Waals surface area contributed by atoms with Gasteiger partial charge in [0.05, 0.1) is 29.5 Å². The molecule has 1 N–H and O–H groups in total. The molecule has 7 nitrogen and oxygen atoms in total. The Hall–Kier alpha value is -1.65. The number of nitrogens with one attached hydrogen (secondary N) is 1. The number of rotatable bonds is 4. The number of ether oxygens (including phenoxy) is 1. The molecule has 0 amide bonds. The molecule has 2 fully saturated rings. The Morgan fingerprint density at radius 2 is 2.07 bits per heavy atom. The van der Waals surface area contributed by atoms with Crippen molar-refractivity contribution in [3.63, 3.8) is 0 Å². The third-order valence-electron chi connectivity index (χ3n) is 5.33. The molecule has 0 saturated carbocycles. The molecule has 2 aliphatic rings. The van der Waals surface area contributed by atoms with E-state index in [1.807, 2.05) is 11.9 Å². The Labute approximate surface area is 178 Å². The van der Waals surface area contributed by atoms with E-state index >= 15 is 4.39 Å². The summed E-state index contributed by atoms with van der Waals surface area (Å²) in [4.78, 5) is 7.26. The quantitative estimate of drug-likeness (QED) is 0.707. The summed E-state index contributed by atoms with van der Waals surface area (Å²) in [6.07, 6.45) is 1.41. The number of pyridine rings is 1. The highest BCUT2D eigenvalue weighted by molar-refractivity contribution is 7.92. The fraction of sp³-hybridized carbons (Fsp3) is 0.389. The lowest BCUT2D eigenvalue weighted by Gasteiger charge is -2.57. The van der Waals surface area contributed by atoms with E-state index < -0.39 is 20.7 Å². The minimum Gasteiger partial charge on any atom is -0.378 e. The Kier molecular flexibility index (Phi) is 5.37. The average Bonchev–Trinajstić information content (AvgIpc) is 2.64. The fourth-order valence-electron chi connectivity index (χ4n) is 3.63. The first kappa shape index (κ1) is 20.6. The van der Waals surface area contributed by atoms with Crippen LogP contribution in [0, 0.1) is 5.82 Å². The lowest BCUT2D eigenvalue weighted by Crippen LogP contribution is -2.73. The highest BCUT2D eigenvalue weighted by Crippen LogP contribution is 2.42. The molecule has 29 heavy (non-hydrogen) atoms. The Balaban J connectivity index is 1.62. The van der Waals surface area contributed by atoms with Gasteiger partial charge < -0.3 is 9.64 Å². The predicted molar refractivity (Wildman–Crippen MR) is 110 cm³/mol. The number of likely N-dealkylation sites (N-methyl/N-ethyl adjacent to an activating group) is 1. The minimum absolute atomic E-state index is 0.0492. The summed E-state index contributed by atoms with van der Waals surface area (Å²) in [5.74, 6) is -1.04. The lowest BCUT2D eigenvalue weighted by atomic mass is 9.87. The maximum atomic E-state index is 15.0. The molecular formula is C18H19Cl2FN4O3S. The van der Waals surface area contributed by atoms with Crippen LogP contribution in [-0.4, -0.2) is 63.7 Å². The number of hydrogen-bond acceptors (Lipinski definition) is 6. The van der Waals surface area contributed by atoms with Crippen molar-refractivity contribution in [2.75, 3.05) is 49.5 Å². The van der Waals surface area contributed by atoms with Crippen molar-refractivity contribution in [3.05, 3.63) is 46.3 Å². The molecule has 0 bridgehead atoms. The number of halogens is 3. The largest absolute Gasteiger partial charge is 0.378 e. The van der Waals surface area contributed by atoms with Gasteiger partial charge in [0.15, 0.2) is 5.82 Å². The molecule has 2 aromatic rings. The first-order chi connectivity index (χ1) is 13.7. The molecule has 1 aromatic heterocycles. The first-order valence-electron chi connectivity index (χ1n) is 8.89. The normalized spacial score (nSPS) is 19.2. The third-order valence-corrected chi connectivity index (χ3v) is 7.52. The minimum atomic E-state index is -4.31. The van der Waals surface area contributed by atoms with E-state index in [1.54, 1.807) is 12.1 Å². The second kappa shape index (κ2) is 7.55. The number of hydrogen-bond donors (Lipinski definition) is 1. The Morgan fingerprint density at radius 1 is 1.31 bits per heavy atom. The van der Waals surface area contributed by atoms with Crippen LogP contribution >= 0.6 is 23.2 Å². The summed E-state index contributed by atoms with van der Waals surface area (Å²) in [7, 11) is -2.29. The van der Waals surface area contributed by atoms with Crippen molar-refractivity contribution in [3.8, 4) is 0 Å². The smallest absolute Gasteiger partial charge is 0.267 e. The third kappa shape index (κ3) is 3.66. The summed E-state index contributed by atoms with van der Waals surface area (Å²) in [6, 6.07) is 6.06. The zero-order valence-corrected chi connectivity index (χ0v) is 17.9. The highest BCUT2D eigenvalue weighted by atomic mass is 35.5.